The summed E-state index contributed by atoms with van der Waals surface area (Å²) in [7, 11) is 0. The predicted molar refractivity (Wildman–Crippen MR) is 122 cm³/mol. The summed E-state index contributed by atoms with van der Waals surface area (Å²) < 4.78 is 6.69. The van der Waals surface area contributed by atoms with Crippen LogP contribution in [0.1, 0.15) is 25.8 Å². The molecule has 1 aliphatic rings. The Morgan fingerprint density at radius 2 is 2.11 bits per heavy atom. The zero-order chi connectivity index (χ0) is 20.3. The number of carbonyl (C=O) groups is 1. The lowest BCUT2D eigenvalue weighted by molar-refractivity contribution is -0.115. The number of halogens is 3. The molecule has 1 fully saturated rings. The van der Waals surface area contributed by atoms with Gasteiger partial charge < -0.3 is 10.1 Å². The topological polar surface area (TPSA) is 50.7 Å². The number of benzene rings is 2. The van der Waals surface area contributed by atoms with Crippen LogP contribution in [0.2, 0.25) is 10.0 Å². The SMILES string of the molecule is CC[C@H](C)Oc1ccc(/C=C2/SC(=Nc3cccc(Cl)c3Cl)NC2=O)cc1Br. The van der Waals surface area contributed by atoms with E-state index in [4.69, 9.17) is 27.9 Å². The van der Waals surface area contributed by atoms with Gasteiger partial charge in [-0.05, 0) is 76.9 Å². The van der Waals surface area contributed by atoms with Gasteiger partial charge in [-0.25, -0.2) is 4.99 Å². The maximum Gasteiger partial charge on any atom is 0.264 e. The van der Waals surface area contributed by atoms with Crippen molar-refractivity contribution in [3.8, 4) is 5.75 Å². The molecule has 1 heterocycles. The van der Waals surface area contributed by atoms with Crippen LogP contribution in [0.25, 0.3) is 6.08 Å². The second-order valence-electron chi connectivity index (χ2n) is 6.08. The molecule has 1 aliphatic heterocycles. The molecule has 4 nitrogen and oxygen atoms in total. The highest BCUT2D eigenvalue weighted by Crippen LogP contribution is 2.35. The molecule has 0 aliphatic carbocycles. The van der Waals surface area contributed by atoms with Crippen LogP contribution in [-0.4, -0.2) is 17.2 Å². The number of amides is 1. The van der Waals surface area contributed by atoms with E-state index in [0.717, 1.165) is 22.2 Å². The van der Waals surface area contributed by atoms with E-state index in [0.29, 0.717) is 25.8 Å². The first kappa shape index (κ1) is 21.2. The monoisotopic (exact) mass is 498 g/mol. The van der Waals surface area contributed by atoms with Gasteiger partial charge in [-0.1, -0.05) is 42.3 Å². The molecule has 1 atom stereocenters. The van der Waals surface area contributed by atoms with Crippen LogP contribution in [0.5, 0.6) is 5.75 Å². The first-order chi connectivity index (χ1) is 13.4. The third-order valence-electron chi connectivity index (χ3n) is 3.96. The Morgan fingerprint density at radius 1 is 1.32 bits per heavy atom. The van der Waals surface area contributed by atoms with Gasteiger partial charge >= 0.3 is 0 Å². The molecule has 3 rings (SSSR count). The molecule has 0 aromatic heterocycles. The summed E-state index contributed by atoms with van der Waals surface area (Å²) in [6.45, 7) is 4.10. The molecule has 0 unspecified atom stereocenters. The fraction of sp³-hybridized carbons (Fsp3) is 0.200. The summed E-state index contributed by atoms with van der Waals surface area (Å²) >= 11 is 16.9. The van der Waals surface area contributed by atoms with E-state index < -0.39 is 0 Å². The number of amidine groups is 1. The Morgan fingerprint density at radius 3 is 2.82 bits per heavy atom. The normalized spacial score (nSPS) is 17.8. The number of ether oxygens (including phenoxy) is 1. The van der Waals surface area contributed by atoms with Gasteiger partial charge in [0.25, 0.3) is 5.91 Å². The molecular weight excluding hydrogens is 483 g/mol. The van der Waals surface area contributed by atoms with Crippen molar-refractivity contribution in [2.24, 2.45) is 4.99 Å². The number of aliphatic imine (C=N–C) groups is 1. The van der Waals surface area contributed by atoms with Crippen molar-refractivity contribution < 1.29 is 9.53 Å². The molecule has 0 saturated carbocycles. The molecule has 2 aromatic carbocycles. The Kier molecular flexibility index (Phi) is 7.10. The van der Waals surface area contributed by atoms with E-state index in [1.807, 2.05) is 25.1 Å². The maximum atomic E-state index is 12.3. The third kappa shape index (κ3) is 5.11. The summed E-state index contributed by atoms with van der Waals surface area (Å²) in [4.78, 5) is 17.2. The number of hydrogen-bond donors (Lipinski definition) is 1. The van der Waals surface area contributed by atoms with Gasteiger partial charge in [-0.2, -0.15) is 0 Å². The zero-order valence-corrected chi connectivity index (χ0v) is 19.0. The quantitative estimate of drug-likeness (QED) is 0.459. The minimum Gasteiger partial charge on any atom is -0.490 e. The second kappa shape index (κ2) is 9.35. The van der Waals surface area contributed by atoms with Crippen molar-refractivity contribution in [1.82, 2.24) is 5.32 Å². The van der Waals surface area contributed by atoms with Crippen LogP contribution in [0.4, 0.5) is 5.69 Å². The largest absolute Gasteiger partial charge is 0.490 e. The number of carbonyl (C=O) groups excluding carboxylic acids is 1. The summed E-state index contributed by atoms with van der Waals surface area (Å²) in [6, 6.07) is 10.9. The maximum absolute atomic E-state index is 12.3. The average molecular weight is 500 g/mol. The summed E-state index contributed by atoms with van der Waals surface area (Å²) in [5.41, 5.74) is 1.38. The Bertz CT molecular complexity index is 979. The lowest BCUT2D eigenvalue weighted by Crippen LogP contribution is -2.19. The van der Waals surface area contributed by atoms with E-state index in [1.165, 1.54) is 11.8 Å². The standard InChI is InChI=1S/C20H17BrCl2N2O2S/c1-3-11(2)27-16-8-7-12(9-13(16)21)10-17-19(26)25-20(28-17)24-15-6-4-5-14(22)18(15)23/h4-11H,3H2,1-2H3,(H,24,25,26)/b17-10+/t11-/m0/s1. The molecule has 0 radical (unpaired) electrons. The van der Waals surface area contributed by atoms with Gasteiger partial charge in [0, 0.05) is 0 Å². The van der Waals surface area contributed by atoms with E-state index in [1.54, 1.807) is 24.3 Å². The van der Waals surface area contributed by atoms with E-state index in [-0.39, 0.29) is 12.0 Å². The Hall–Kier alpha value is -1.47. The first-order valence-corrected chi connectivity index (χ1v) is 10.9. The highest BCUT2D eigenvalue weighted by atomic mass is 79.9. The molecule has 1 N–H and O–H groups in total. The van der Waals surface area contributed by atoms with E-state index in [2.05, 4.69) is 33.2 Å². The number of thioether (sulfide) groups is 1. The first-order valence-electron chi connectivity index (χ1n) is 8.57. The van der Waals surface area contributed by atoms with Gasteiger partial charge in [-0.15, -0.1) is 0 Å². The predicted octanol–water partition coefficient (Wildman–Crippen LogP) is 6.82. The molecule has 1 saturated heterocycles. The van der Waals surface area contributed by atoms with E-state index in [9.17, 15) is 4.79 Å². The fourth-order valence-corrected chi connectivity index (χ4v) is 3.99. The summed E-state index contributed by atoms with van der Waals surface area (Å²) in [6.07, 6.45) is 2.86. The van der Waals surface area contributed by atoms with Crippen molar-refractivity contribution in [3.05, 3.63) is 61.4 Å². The van der Waals surface area contributed by atoms with Crippen LogP contribution in [0.3, 0.4) is 0 Å². The summed E-state index contributed by atoms with van der Waals surface area (Å²) in [5.74, 6) is 0.566. The van der Waals surface area contributed by atoms with Crippen molar-refractivity contribution in [2.75, 3.05) is 0 Å². The number of nitrogens with zero attached hydrogens (tertiary/aromatic N) is 1. The number of nitrogens with one attached hydrogen (secondary N) is 1. The molecule has 0 spiro atoms. The van der Waals surface area contributed by atoms with Crippen LogP contribution in [-0.2, 0) is 4.79 Å². The van der Waals surface area contributed by atoms with Gasteiger partial charge in [0.05, 0.1) is 31.2 Å². The minimum absolute atomic E-state index is 0.133. The lowest BCUT2D eigenvalue weighted by atomic mass is 10.2. The molecule has 8 heteroatoms. The third-order valence-corrected chi connectivity index (χ3v) is 6.30. The molecular formula is C20H17BrCl2N2O2S. The van der Waals surface area contributed by atoms with Crippen molar-refractivity contribution in [2.45, 2.75) is 26.4 Å². The second-order valence-corrected chi connectivity index (χ2v) is 8.75. The average Bonchev–Trinajstić information content (AvgIpc) is 3.00. The Labute approximate surface area is 186 Å². The molecule has 1 amide bonds. The van der Waals surface area contributed by atoms with Crippen LogP contribution in [0.15, 0.2) is 50.8 Å². The Balaban J connectivity index is 1.80. The molecule has 0 bridgehead atoms. The van der Waals surface area contributed by atoms with Gasteiger partial charge in [0.15, 0.2) is 5.17 Å². The van der Waals surface area contributed by atoms with Crippen molar-refractivity contribution in [1.29, 1.82) is 0 Å². The van der Waals surface area contributed by atoms with Crippen molar-refractivity contribution in [3.63, 3.8) is 0 Å². The fourth-order valence-electron chi connectivity index (χ4n) is 2.32. The van der Waals surface area contributed by atoms with Crippen molar-refractivity contribution >= 4 is 73.7 Å². The van der Waals surface area contributed by atoms with Gasteiger partial charge in [-0.3, -0.25) is 4.79 Å². The lowest BCUT2D eigenvalue weighted by Gasteiger charge is -2.14. The molecule has 146 valence electrons. The van der Waals surface area contributed by atoms with Crippen LogP contribution >= 0.6 is 50.9 Å². The smallest absolute Gasteiger partial charge is 0.264 e. The van der Waals surface area contributed by atoms with E-state index >= 15 is 0 Å². The minimum atomic E-state index is -0.210. The van der Waals surface area contributed by atoms with Gasteiger partial charge in [0.1, 0.15) is 5.75 Å². The van der Waals surface area contributed by atoms with Crippen LogP contribution in [0, 0.1) is 0 Å². The number of hydrogen-bond acceptors (Lipinski definition) is 4. The van der Waals surface area contributed by atoms with Gasteiger partial charge in [0.2, 0.25) is 0 Å². The van der Waals surface area contributed by atoms with Crippen LogP contribution < -0.4 is 10.1 Å². The molecule has 28 heavy (non-hydrogen) atoms. The highest BCUT2D eigenvalue weighted by molar-refractivity contribution is 9.10. The summed E-state index contributed by atoms with van der Waals surface area (Å²) in [5, 5.41) is 3.97. The zero-order valence-electron chi connectivity index (χ0n) is 15.1. The molecule has 2 aromatic rings. The highest BCUT2D eigenvalue weighted by Gasteiger charge is 2.24. The number of rotatable bonds is 5.